The highest BCUT2D eigenvalue weighted by Gasteiger charge is 2.36. The third-order valence-corrected chi connectivity index (χ3v) is 3.59. The zero-order chi connectivity index (χ0) is 12.6. The van der Waals surface area contributed by atoms with Gasteiger partial charge in [0.15, 0.2) is 11.0 Å². The van der Waals surface area contributed by atoms with Crippen molar-refractivity contribution in [3.63, 3.8) is 0 Å². The Kier molecular flexibility index (Phi) is 3.19. The van der Waals surface area contributed by atoms with Crippen LogP contribution in [-0.4, -0.2) is 29.9 Å². The lowest BCUT2D eigenvalue weighted by molar-refractivity contribution is 0.0503. The summed E-state index contributed by atoms with van der Waals surface area (Å²) in [6.07, 6.45) is 0.813. The first-order valence-corrected chi connectivity index (χ1v) is 6.08. The normalized spacial score (nSPS) is 23.8. The molecule has 2 rings (SSSR count). The van der Waals surface area contributed by atoms with Crippen molar-refractivity contribution in [2.45, 2.75) is 26.3 Å². The van der Waals surface area contributed by atoms with Crippen molar-refractivity contribution >= 4 is 17.5 Å². The molecule has 0 aliphatic carbocycles. The largest absolute Gasteiger partial charge is 0.440 e. The van der Waals surface area contributed by atoms with Gasteiger partial charge in [0.2, 0.25) is 0 Å². The van der Waals surface area contributed by atoms with Gasteiger partial charge in [-0.25, -0.2) is 0 Å². The van der Waals surface area contributed by atoms with Crippen LogP contribution in [0.1, 0.15) is 30.8 Å². The lowest BCUT2D eigenvalue weighted by Gasteiger charge is -2.42. The highest BCUT2D eigenvalue weighted by atomic mass is 35.5. The van der Waals surface area contributed by atoms with Crippen molar-refractivity contribution in [1.82, 2.24) is 4.90 Å². The summed E-state index contributed by atoms with van der Waals surface area (Å²) in [5, 5.41) is 0.237. The maximum Gasteiger partial charge on any atom is 0.289 e. The second-order valence-corrected chi connectivity index (χ2v) is 5.59. The van der Waals surface area contributed by atoms with E-state index in [1.165, 1.54) is 0 Å². The van der Waals surface area contributed by atoms with Crippen LogP contribution in [0.25, 0.3) is 0 Å². The summed E-state index contributed by atoms with van der Waals surface area (Å²) < 4.78 is 5.14. The maximum absolute atomic E-state index is 12.1. The number of hydrogen-bond acceptors (Lipinski definition) is 3. The van der Waals surface area contributed by atoms with Crippen LogP contribution in [0, 0.1) is 5.41 Å². The molecular formula is C12H17ClN2O2. The highest BCUT2D eigenvalue weighted by Crippen LogP contribution is 2.29. The monoisotopic (exact) mass is 256 g/mol. The number of nitrogens with two attached hydrogens (primary N) is 1. The molecule has 1 aromatic heterocycles. The van der Waals surface area contributed by atoms with Crippen molar-refractivity contribution in [1.29, 1.82) is 0 Å². The summed E-state index contributed by atoms with van der Waals surface area (Å²) in [4.78, 5) is 13.9. The molecule has 1 unspecified atom stereocenters. The van der Waals surface area contributed by atoms with Crippen molar-refractivity contribution < 1.29 is 9.21 Å². The summed E-state index contributed by atoms with van der Waals surface area (Å²) in [5.41, 5.74) is 5.97. The molecule has 1 atom stereocenters. The van der Waals surface area contributed by atoms with Crippen molar-refractivity contribution in [3.05, 3.63) is 23.1 Å². The minimum absolute atomic E-state index is 0.0652. The van der Waals surface area contributed by atoms with E-state index < -0.39 is 0 Å². The van der Waals surface area contributed by atoms with E-state index in [2.05, 4.69) is 13.8 Å². The van der Waals surface area contributed by atoms with Crippen LogP contribution in [0.3, 0.4) is 0 Å². The van der Waals surface area contributed by atoms with E-state index in [1.807, 2.05) is 0 Å². The third kappa shape index (κ3) is 2.48. The number of likely N-dealkylation sites (tertiary alicyclic amines) is 1. The number of furan rings is 1. The molecule has 0 radical (unpaired) electrons. The van der Waals surface area contributed by atoms with E-state index in [-0.39, 0.29) is 22.6 Å². The zero-order valence-electron chi connectivity index (χ0n) is 10.1. The van der Waals surface area contributed by atoms with Gasteiger partial charge < -0.3 is 15.1 Å². The Bertz CT molecular complexity index is 428. The summed E-state index contributed by atoms with van der Waals surface area (Å²) in [6, 6.07) is 3.31. The highest BCUT2D eigenvalue weighted by molar-refractivity contribution is 6.29. The lowest BCUT2D eigenvalue weighted by Crippen LogP contribution is -2.53. The second kappa shape index (κ2) is 4.35. The number of rotatable bonds is 1. The fourth-order valence-corrected chi connectivity index (χ4v) is 2.28. The molecule has 1 amide bonds. The first-order valence-electron chi connectivity index (χ1n) is 5.70. The molecule has 0 aromatic carbocycles. The van der Waals surface area contributed by atoms with E-state index in [9.17, 15) is 4.79 Å². The number of nitrogens with zero attached hydrogens (tertiary/aromatic N) is 1. The Hall–Kier alpha value is -1.00. The molecular weight excluding hydrogens is 240 g/mol. The fourth-order valence-electron chi connectivity index (χ4n) is 2.13. The fraction of sp³-hybridized carbons (Fsp3) is 0.583. The van der Waals surface area contributed by atoms with Gasteiger partial charge in [-0.3, -0.25) is 4.79 Å². The van der Waals surface area contributed by atoms with Crippen molar-refractivity contribution in [3.8, 4) is 0 Å². The molecule has 2 heterocycles. The summed E-state index contributed by atoms with van der Waals surface area (Å²) in [6.45, 7) is 5.46. The first-order chi connectivity index (χ1) is 7.90. The molecule has 0 bridgehead atoms. The third-order valence-electron chi connectivity index (χ3n) is 3.38. The number of carbonyl (C=O) groups excluding carboxylic acids is 1. The van der Waals surface area contributed by atoms with Crippen LogP contribution in [0.5, 0.6) is 0 Å². The topological polar surface area (TPSA) is 59.5 Å². The molecule has 1 saturated heterocycles. The Balaban J connectivity index is 2.11. The van der Waals surface area contributed by atoms with Gasteiger partial charge in [0, 0.05) is 19.1 Å². The number of amides is 1. The molecule has 0 spiro atoms. The molecule has 1 aromatic rings. The van der Waals surface area contributed by atoms with E-state index in [0.29, 0.717) is 18.8 Å². The van der Waals surface area contributed by atoms with Crippen LogP contribution in [0.4, 0.5) is 0 Å². The van der Waals surface area contributed by atoms with Gasteiger partial charge in [0.25, 0.3) is 5.91 Å². The summed E-state index contributed by atoms with van der Waals surface area (Å²) in [5.74, 6) is 0.179. The Morgan fingerprint density at radius 1 is 1.59 bits per heavy atom. The number of hydrogen-bond donors (Lipinski definition) is 1. The van der Waals surface area contributed by atoms with Crippen LogP contribution < -0.4 is 5.73 Å². The standard InChI is InChI=1S/C12H17ClN2O2/c1-12(2)7-15(6-5-9(12)14)11(16)8-3-4-10(13)17-8/h3-4,9H,5-7,14H2,1-2H3. The molecule has 0 saturated carbocycles. The molecule has 94 valence electrons. The van der Waals surface area contributed by atoms with Crippen LogP contribution >= 0.6 is 11.6 Å². The van der Waals surface area contributed by atoms with Crippen molar-refractivity contribution in [2.75, 3.05) is 13.1 Å². The average Bonchev–Trinajstić information content (AvgIpc) is 2.68. The smallest absolute Gasteiger partial charge is 0.289 e. The van der Waals surface area contributed by atoms with Gasteiger partial charge in [0.1, 0.15) is 0 Å². The molecule has 1 aliphatic rings. The van der Waals surface area contributed by atoms with Crippen molar-refractivity contribution in [2.24, 2.45) is 11.1 Å². The lowest BCUT2D eigenvalue weighted by atomic mass is 9.79. The minimum Gasteiger partial charge on any atom is -0.440 e. The molecule has 1 fully saturated rings. The molecule has 4 nitrogen and oxygen atoms in total. The van der Waals surface area contributed by atoms with Gasteiger partial charge in [-0.2, -0.15) is 0 Å². The first kappa shape index (κ1) is 12.5. The van der Waals surface area contributed by atoms with Crippen LogP contribution in [0.15, 0.2) is 16.5 Å². The quantitative estimate of drug-likeness (QED) is 0.837. The zero-order valence-corrected chi connectivity index (χ0v) is 10.8. The Morgan fingerprint density at radius 3 is 2.82 bits per heavy atom. The minimum atomic E-state index is -0.114. The van der Waals surface area contributed by atoms with Gasteiger partial charge in [-0.1, -0.05) is 13.8 Å². The van der Waals surface area contributed by atoms with E-state index in [0.717, 1.165) is 6.42 Å². The van der Waals surface area contributed by atoms with Crippen LogP contribution in [-0.2, 0) is 0 Å². The number of piperidine rings is 1. The van der Waals surface area contributed by atoms with Gasteiger partial charge >= 0.3 is 0 Å². The second-order valence-electron chi connectivity index (χ2n) is 5.21. The van der Waals surface area contributed by atoms with Gasteiger partial charge in [0.05, 0.1) is 0 Å². The maximum atomic E-state index is 12.1. The molecule has 1 aliphatic heterocycles. The van der Waals surface area contributed by atoms with Gasteiger partial charge in [-0.05, 0) is 35.6 Å². The Labute approximate surface area is 106 Å². The molecule has 17 heavy (non-hydrogen) atoms. The average molecular weight is 257 g/mol. The SMILES string of the molecule is CC1(C)CN(C(=O)c2ccc(Cl)o2)CCC1N. The molecule has 5 heteroatoms. The van der Waals surface area contributed by atoms with Gasteiger partial charge in [-0.15, -0.1) is 0 Å². The Morgan fingerprint density at radius 2 is 2.29 bits per heavy atom. The van der Waals surface area contributed by atoms with Crippen LogP contribution in [0.2, 0.25) is 5.22 Å². The number of halogens is 1. The summed E-state index contributed by atoms with van der Waals surface area (Å²) in [7, 11) is 0. The number of carbonyl (C=O) groups is 1. The summed E-state index contributed by atoms with van der Waals surface area (Å²) >= 11 is 5.67. The molecule has 2 N–H and O–H groups in total. The predicted octanol–water partition coefficient (Wildman–Crippen LogP) is 2.13. The van der Waals surface area contributed by atoms with E-state index in [4.69, 9.17) is 21.8 Å². The predicted molar refractivity (Wildman–Crippen MR) is 66.0 cm³/mol. The van der Waals surface area contributed by atoms with E-state index >= 15 is 0 Å². The van der Waals surface area contributed by atoms with E-state index in [1.54, 1.807) is 17.0 Å².